The van der Waals surface area contributed by atoms with Gasteiger partial charge in [-0.05, 0) is 38.5 Å². The molecule has 0 spiro atoms. The number of nitriles is 1. The quantitative estimate of drug-likeness (QED) is 0.866. The number of likely N-dealkylation sites (tertiary alicyclic amines) is 1. The molecule has 1 aromatic heterocycles. The zero-order valence-corrected chi connectivity index (χ0v) is 13.0. The smallest absolute Gasteiger partial charge is 0.150 e. The van der Waals surface area contributed by atoms with Gasteiger partial charge >= 0.3 is 0 Å². The van der Waals surface area contributed by atoms with E-state index in [1.807, 2.05) is 0 Å². The maximum Gasteiger partial charge on any atom is 0.150 e. The Hall–Kier alpha value is -1.93. The van der Waals surface area contributed by atoms with Gasteiger partial charge in [-0.1, -0.05) is 11.6 Å². The van der Waals surface area contributed by atoms with Gasteiger partial charge in [0.25, 0.3) is 0 Å². The van der Waals surface area contributed by atoms with E-state index >= 15 is 0 Å². The van der Waals surface area contributed by atoms with Crippen LogP contribution in [0.15, 0.2) is 23.9 Å². The van der Waals surface area contributed by atoms with Gasteiger partial charge < -0.3 is 5.32 Å². The summed E-state index contributed by atoms with van der Waals surface area (Å²) in [7, 11) is 0. The average molecular weight is 297 g/mol. The van der Waals surface area contributed by atoms with E-state index in [1.54, 1.807) is 11.6 Å². The fourth-order valence-electron chi connectivity index (χ4n) is 3.28. The van der Waals surface area contributed by atoms with Crippen LogP contribution in [0.5, 0.6) is 0 Å². The highest BCUT2D eigenvalue weighted by Gasteiger charge is 2.20. The zero-order chi connectivity index (χ0) is 15.2. The summed E-state index contributed by atoms with van der Waals surface area (Å²) < 4.78 is 0. The van der Waals surface area contributed by atoms with Crippen LogP contribution in [0.4, 0.5) is 5.82 Å². The van der Waals surface area contributed by atoms with Crippen LogP contribution in [0.1, 0.15) is 44.1 Å². The molecule has 0 unspecified atom stereocenters. The van der Waals surface area contributed by atoms with Crippen molar-refractivity contribution in [3.63, 3.8) is 0 Å². The summed E-state index contributed by atoms with van der Waals surface area (Å²) in [4.78, 5) is 2.56. The maximum atomic E-state index is 8.90. The van der Waals surface area contributed by atoms with Crippen LogP contribution >= 0.6 is 0 Å². The molecule has 5 nitrogen and oxygen atoms in total. The van der Waals surface area contributed by atoms with Gasteiger partial charge in [0.2, 0.25) is 0 Å². The molecule has 2 aliphatic rings. The summed E-state index contributed by atoms with van der Waals surface area (Å²) in [5, 5.41) is 20.2. The first-order valence-electron chi connectivity index (χ1n) is 8.23. The van der Waals surface area contributed by atoms with Crippen molar-refractivity contribution in [3.8, 4) is 6.07 Å². The highest BCUT2D eigenvalue weighted by molar-refractivity contribution is 5.41. The number of hydrogen-bond acceptors (Lipinski definition) is 5. The average Bonchev–Trinajstić information content (AvgIpc) is 2.58. The van der Waals surface area contributed by atoms with Crippen LogP contribution in [-0.2, 0) is 0 Å². The van der Waals surface area contributed by atoms with Crippen molar-refractivity contribution >= 4 is 5.82 Å². The predicted molar refractivity (Wildman–Crippen MR) is 86.4 cm³/mol. The van der Waals surface area contributed by atoms with Crippen molar-refractivity contribution in [1.82, 2.24) is 15.1 Å². The van der Waals surface area contributed by atoms with Crippen LogP contribution in [0.25, 0.3) is 0 Å². The van der Waals surface area contributed by atoms with Crippen LogP contribution in [0.2, 0.25) is 0 Å². The summed E-state index contributed by atoms with van der Waals surface area (Å²) >= 11 is 0. The first-order chi connectivity index (χ1) is 10.8. The molecule has 0 amide bonds. The Morgan fingerprint density at radius 3 is 2.91 bits per heavy atom. The minimum Gasteiger partial charge on any atom is -0.366 e. The fraction of sp³-hybridized carbons (Fsp3) is 0.588. The Kier molecular flexibility index (Phi) is 5.02. The van der Waals surface area contributed by atoms with Gasteiger partial charge in [0.05, 0.1) is 11.8 Å². The number of nitrogens with zero attached hydrogens (tertiary/aromatic N) is 4. The van der Waals surface area contributed by atoms with Crippen molar-refractivity contribution in [2.24, 2.45) is 0 Å². The molecule has 0 bridgehead atoms. The normalized spacial score (nSPS) is 20.2. The Morgan fingerprint density at radius 1 is 1.32 bits per heavy atom. The van der Waals surface area contributed by atoms with Crippen LogP contribution in [-0.4, -0.2) is 40.8 Å². The van der Waals surface area contributed by atoms with Gasteiger partial charge in [0.1, 0.15) is 11.9 Å². The zero-order valence-electron chi connectivity index (χ0n) is 13.0. The molecule has 22 heavy (non-hydrogen) atoms. The van der Waals surface area contributed by atoms with Gasteiger partial charge in [-0.15, -0.1) is 5.10 Å². The maximum absolute atomic E-state index is 8.90. The summed E-state index contributed by atoms with van der Waals surface area (Å²) in [6, 6.07) is 4.30. The van der Waals surface area contributed by atoms with Gasteiger partial charge in [-0.3, -0.25) is 4.90 Å². The molecule has 3 rings (SSSR count). The highest BCUT2D eigenvalue weighted by atomic mass is 15.2. The Labute approximate surface area is 132 Å². The van der Waals surface area contributed by atoms with E-state index in [-0.39, 0.29) is 0 Å². The van der Waals surface area contributed by atoms with E-state index in [0.29, 0.717) is 17.4 Å². The second-order valence-corrected chi connectivity index (χ2v) is 6.24. The first-order valence-corrected chi connectivity index (χ1v) is 8.23. The molecule has 5 heteroatoms. The van der Waals surface area contributed by atoms with Crippen LogP contribution in [0, 0.1) is 11.3 Å². The molecule has 0 aromatic carbocycles. The largest absolute Gasteiger partial charge is 0.366 e. The van der Waals surface area contributed by atoms with Crippen LogP contribution in [0.3, 0.4) is 0 Å². The molecule has 1 saturated heterocycles. The monoisotopic (exact) mass is 297 g/mol. The van der Waals surface area contributed by atoms with E-state index in [9.17, 15) is 0 Å². The molecule has 1 aromatic rings. The molecular weight excluding hydrogens is 274 g/mol. The van der Waals surface area contributed by atoms with E-state index < -0.39 is 0 Å². The van der Waals surface area contributed by atoms with Crippen molar-refractivity contribution in [1.29, 1.82) is 5.26 Å². The molecule has 1 N–H and O–H groups in total. The van der Waals surface area contributed by atoms with Crippen molar-refractivity contribution < 1.29 is 0 Å². The summed E-state index contributed by atoms with van der Waals surface area (Å²) in [5.74, 6) is 0.715. The lowest BCUT2D eigenvalue weighted by atomic mass is 9.98. The lowest BCUT2D eigenvalue weighted by molar-refractivity contribution is 0.232. The third-order valence-corrected chi connectivity index (χ3v) is 4.53. The molecule has 0 atom stereocenters. The van der Waals surface area contributed by atoms with Gasteiger partial charge in [0, 0.05) is 31.7 Å². The van der Waals surface area contributed by atoms with Gasteiger partial charge in [-0.2, -0.15) is 10.4 Å². The summed E-state index contributed by atoms with van der Waals surface area (Å²) in [5.41, 5.74) is 2.18. The van der Waals surface area contributed by atoms with E-state index in [0.717, 1.165) is 32.5 Å². The SMILES string of the molecule is N#Cc1cnnc(NC2CCN(CC3=CCCCC3)CC2)c1. The Morgan fingerprint density at radius 2 is 2.18 bits per heavy atom. The number of nitrogens with one attached hydrogen (secondary N) is 1. The topological polar surface area (TPSA) is 64.8 Å². The molecule has 1 fully saturated rings. The summed E-state index contributed by atoms with van der Waals surface area (Å²) in [6.07, 6.45) is 11.4. The van der Waals surface area contributed by atoms with Gasteiger partial charge in [-0.25, -0.2) is 0 Å². The van der Waals surface area contributed by atoms with Crippen molar-refractivity contribution in [2.75, 3.05) is 25.0 Å². The van der Waals surface area contributed by atoms with E-state index in [2.05, 4.69) is 32.6 Å². The predicted octanol–water partition coefficient (Wildman–Crippen LogP) is 2.72. The number of allylic oxidation sites excluding steroid dienone is 1. The standard InChI is InChI=1S/C17H23N5/c18-11-15-10-17(21-19-12-15)20-16-6-8-22(9-7-16)13-14-4-2-1-3-5-14/h4,10,12,16H,1-3,5-9,13H2,(H,20,21). The molecule has 0 radical (unpaired) electrons. The lowest BCUT2D eigenvalue weighted by Crippen LogP contribution is -2.40. The van der Waals surface area contributed by atoms with Crippen LogP contribution < -0.4 is 5.32 Å². The number of rotatable bonds is 4. The second-order valence-electron chi connectivity index (χ2n) is 6.24. The fourth-order valence-corrected chi connectivity index (χ4v) is 3.28. The van der Waals surface area contributed by atoms with Crippen molar-refractivity contribution in [2.45, 2.75) is 44.6 Å². The highest BCUT2D eigenvalue weighted by Crippen LogP contribution is 2.21. The van der Waals surface area contributed by atoms with Gasteiger partial charge in [0.15, 0.2) is 0 Å². The second kappa shape index (κ2) is 7.37. The molecular formula is C17H23N5. The number of anilines is 1. The van der Waals surface area contributed by atoms with Crippen molar-refractivity contribution in [3.05, 3.63) is 29.5 Å². The minimum absolute atomic E-state index is 0.430. The molecule has 1 aliphatic heterocycles. The Bertz CT molecular complexity index is 567. The molecule has 0 saturated carbocycles. The first kappa shape index (κ1) is 15.0. The third-order valence-electron chi connectivity index (χ3n) is 4.53. The number of piperidine rings is 1. The molecule has 1 aliphatic carbocycles. The van der Waals surface area contributed by atoms with E-state index in [1.165, 1.54) is 31.9 Å². The third kappa shape index (κ3) is 4.05. The van der Waals surface area contributed by atoms with E-state index in [4.69, 9.17) is 5.26 Å². The molecule has 2 heterocycles. The number of hydrogen-bond donors (Lipinski definition) is 1. The molecule has 116 valence electrons. The minimum atomic E-state index is 0.430. The Balaban J connectivity index is 1.47. The summed E-state index contributed by atoms with van der Waals surface area (Å²) in [6.45, 7) is 3.40. The number of aromatic nitrogens is 2. The lowest BCUT2D eigenvalue weighted by Gasteiger charge is -2.33.